The van der Waals surface area contributed by atoms with Crippen molar-refractivity contribution in [2.75, 3.05) is 26.2 Å². The van der Waals surface area contributed by atoms with Gasteiger partial charge < -0.3 is 14.8 Å². The number of hydrogen-bond donors (Lipinski definition) is 1. The Labute approximate surface area is 146 Å². The number of thiophene rings is 1. The van der Waals surface area contributed by atoms with E-state index >= 15 is 0 Å². The van der Waals surface area contributed by atoms with Gasteiger partial charge in [-0.15, -0.1) is 11.3 Å². The summed E-state index contributed by atoms with van der Waals surface area (Å²) in [5.74, 6) is 1.50. The highest BCUT2D eigenvalue weighted by molar-refractivity contribution is 7.09. The lowest BCUT2D eigenvalue weighted by Gasteiger charge is -2.27. The Morgan fingerprint density at radius 2 is 2.12 bits per heavy atom. The first-order valence-corrected chi connectivity index (χ1v) is 9.02. The molecule has 2 aromatic rings. The van der Waals surface area contributed by atoms with Gasteiger partial charge in [0, 0.05) is 11.4 Å². The zero-order chi connectivity index (χ0) is 16.8. The highest BCUT2D eigenvalue weighted by Crippen LogP contribution is 2.30. The van der Waals surface area contributed by atoms with Crippen LogP contribution in [0.25, 0.3) is 0 Å². The molecule has 1 N–H and O–H groups in total. The first-order chi connectivity index (χ1) is 11.7. The van der Waals surface area contributed by atoms with Gasteiger partial charge >= 0.3 is 0 Å². The van der Waals surface area contributed by atoms with Gasteiger partial charge in [0.2, 0.25) is 5.91 Å². The molecule has 3 rings (SSSR count). The molecule has 2 heterocycles. The van der Waals surface area contributed by atoms with Crippen LogP contribution < -0.4 is 14.8 Å². The lowest BCUT2D eigenvalue weighted by molar-refractivity contribution is -0.122. The number of carbonyl (C=O) groups is 1. The number of carbonyl (C=O) groups excluding carboxylic acids is 1. The van der Waals surface area contributed by atoms with E-state index in [-0.39, 0.29) is 12.0 Å². The molecule has 1 aromatic heterocycles. The van der Waals surface area contributed by atoms with Gasteiger partial charge in [-0.05, 0) is 30.1 Å². The Bertz CT molecular complexity index is 660. The predicted molar refractivity (Wildman–Crippen MR) is 94.6 cm³/mol. The maximum absolute atomic E-state index is 12.2. The van der Waals surface area contributed by atoms with Crippen molar-refractivity contribution in [1.29, 1.82) is 0 Å². The van der Waals surface area contributed by atoms with Crippen LogP contribution >= 0.6 is 11.3 Å². The number of likely N-dealkylation sites (N-methyl/N-ethyl adjacent to an activating group) is 1. The van der Waals surface area contributed by atoms with Crippen molar-refractivity contribution in [3.63, 3.8) is 0 Å². The van der Waals surface area contributed by atoms with Crippen LogP contribution in [0.5, 0.6) is 11.5 Å². The topological polar surface area (TPSA) is 50.8 Å². The molecule has 5 nitrogen and oxygen atoms in total. The fourth-order valence-corrected chi connectivity index (χ4v) is 3.30. The Morgan fingerprint density at radius 3 is 2.88 bits per heavy atom. The Hall–Kier alpha value is -2.05. The monoisotopic (exact) mass is 346 g/mol. The summed E-state index contributed by atoms with van der Waals surface area (Å²) < 4.78 is 11.5. The molecule has 6 heteroatoms. The Balaban J connectivity index is 1.44. The molecule has 1 atom stereocenters. The van der Waals surface area contributed by atoms with Crippen LogP contribution in [-0.2, 0) is 11.3 Å². The second-order valence-electron chi connectivity index (χ2n) is 5.68. The maximum Gasteiger partial charge on any atom is 0.234 e. The Morgan fingerprint density at radius 1 is 1.29 bits per heavy atom. The molecule has 0 spiro atoms. The van der Waals surface area contributed by atoms with Gasteiger partial charge in [-0.25, -0.2) is 0 Å². The van der Waals surface area contributed by atoms with Gasteiger partial charge in [-0.3, -0.25) is 9.69 Å². The highest BCUT2D eigenvalue weighted by atomic mass is 32.1. The number of ether oxygens (including phenoxy) is 2. The summed E-state index contributed by atoms with van der Waals surface area (Å²) in [4.78, 5) is 15.6. The van der Waals surface area contributed by atoms with Crippen LogP contribution in [0, 0.1) is 0 Å². The van der Waals surface area contributed by atoms with Crippen LogP contribution in [-0.4, -0.2) is 43.2 Å². The van der Waals surface area contributed by atoms with Crippen molar-refractivity contribution in [3.8, 4) is 11.5 Å². The van der Waals surface area contributed by atoms with Gasteiger partial charge in [0.25, 0.3) is 0 Å². The number of benzene rings is 1. The molecule has 0 saturated heterocycles. The van der Waals surface area contributed by atoms with Crippen molar-refractivity contribution in [1.82, 2.24) is 10.2 Å². The van der Waals surface area contributed by atoms with Crippen molar-refractivity contribution >= 4 is 17.2 Å². The standard InChI is InChI=1S/C18H22N2O3S/c1-2-20(11-15-6-5-9-24-15)12-18(21)19-10-14-13-22-16-7-3-4-8-17(16)23-14/h3-9,14H,2,10-13H2,1H3,(H,19,21). The number of amides is 1. The second kappa shape index (κ2) is 8.17. The third kappa shape index (κ3) is 4.49. The molecule has 0 saturated carbocycles. The van der Waals surface area contributed by atoms with Crippen LogP contribution in [0.3, 0.4) is 0 Å². The second-order valence-corrected chi connectivity index (χ2v) is 6.72. The molecule has 0 bridgehead atoms. The van der Waals surface area contributed by atoms with Gasteiger partial charge in [-0.1, -0.05) is 25.1 Å². The predicted octanol–water partition coefficient (Wildman–Crippen LogP) is 2.53. The number of nitrogens with zero attached hydrogens (tertiary/aromatic N) is 1. The van der Waals surface area contributed by atoms with Crippen LogP contribution in [0.15, 0.2) is 41.8 Å². The van der Waals surface area contributed by atoms with Gasteiger partial charge in [0.05, 0.1) is 13.1 Å². The molecular weight excluding hydrogens is 324 g/mol. The summed E-state index contributed by atoms with van der Waals surface area (Å²) in [6, 6.07) is 11.7. The van der Waals surface area contributed by atoms with E-state index in [4.69, 9.17) is 9.47 Å². The van der Waals surface area contributed by atoms with Gasteiger partial charge in [-0.2, -0.15) is 0 Å². The SMILES string of the molecule is CCN(CC(=O)NCC1COc2ccccc2O1)Cc1cccs1. The van der Waals surface area contributed by atoms with E-state index < -0.39 is 0 Å². The molecule has 0 fully saturated rings. The molecule has 0 aliphatic carbocycles. The minimum atomic E-state index is -0.156. The largest absolute Gasteiger partial charge is 0.486 e. The van der Waals surface area contributed by atoms with Crippen LogP contribution in [0.2, 0.25) is 0 Å². The molecule has 128 valence electrons. The first-order valence-electron chi connectivity index (χ1n) is 8.14. The quantitative estimate of drug-likeness (QED) is 0.837. The molecule has 1 unspecified atom stereocenters. The van der Waals surface area contributed by atoms with Gasteiger partial charge in [0.15, 0.2) is 11.5 Å². The molecule has 24 heavy (non-hydrogen) atoms. The average Bonchev–Trinajstić information content (AvgIpc) is 3.12. The smallest absolute Gasteiger partial charge is 0.234 e. The highest BCUT2D eigenvalue weighted by Gasteiger charge is 2.21. The zero-order valence-corrected chi connectivity index (χ0v) is 14.6. The van der Waals surface area contributed by atoms with E-state index in [2.05, 4.69) is 28.6 Å². The van der Waals surface area contributed by atoms with E-state index in [1.165, 1.54) is 4.88 Å². The van der Waals surface area contributed by atoms with Crippen LogP contribution in [0.4, 0.5) is 0 Å². The van der Waals surface area contributed by atoms with Gasteiger partial charge in [0.1, 0.15) is 12.7 Å². The van der Waals surface area contributed by atoms with E-state index in [0.717, 1.165) is 24.6 Å². The van der Waals surface area contributed by atoms with E-state index in [1.807, 2.05) is 30.3 Å². The van der Waals surface area contributed by atoms with E-state index in [9.17, 15) is 4.79 Å². The maximum atomic E-state index is 12.2. The number of fused-ring (bicyclic) bond motifs is 1. The fraction of sp³-hybridized carbons (Fsp3) is 0.389. The summed E-state index contributed by atoms with van der Waals surface area (Å²) in [7, 11) is 0. The number of rotatable bonds is 7. The molecule has 1 aliphatic rings. The van der Waals surface area contributed by atoms with E-state index in [1.54, 1.807) is 11.3 Å². The minimum absolute atomic E-state index is 0.0101. The van der Waals surface area contributed by atoms with Crippen molar-refractivity contribution in [2.24, 2.45) is 0 Å². The molecule has 0 radical (unpaired) electrons. The summed E-state index contributed by atoms with van der Waals surface area (Å²) in [5, 5.41) is 5.00. The first kappa shape index (κ1) is 16.8. The number of para-hydroxylation sites is 2. The Kier molecular flexibility index (Phi) is 5.72. The summed E-state index contributed by atoms with van der Waals surface area (Å²) in [6.07, 6.45) is -0.156. The van der Waals surface area contributed by atoms with Crippen LogP contribution in [0.1, 0.15) is 11.8 Å². The fourth-order valence-electron chi connectivity index (χ4n) is 2.55. The summed E-state index contributed by atoms with van der Waals surface area (Å²) >= 11 is 1.71. The third-order valence-electron chi connectivity index (χ3n) is 3.87. The zero-order valence-electron chi connectivity index (χ0n) is 13.7. The average molecular weight is 346 g/mol. The lowest BCUT2D eigenvalue weighted by Crippen LogP contribution is -2.44. The molecule has 1 aromatic carbocycles. The summed E-state index contributed by atoms with van der Waals surface area (Å²) in [5.41, 5.74) is 0. The number of hydrogen-bond acceptors (Lipinski definition) is 5. The normalized spacial score (nSPS) is 16.2. The molecule has 1 aliphatic heterocycles. The van der Waals surface area contributed by atoms with Crippen molar-refractivity contribution in [2.45, 2.75) is 19.6 Å². The minimum Gasteiger partial charge on any atom is -0.486 e. The molecule has 1 amide bonds. The lowest BCUT2D eigenvalue weighted by atomic mass is 10.2. The number of nitrogens with one attached hydrogen (secondary N) is 1. The summed E-state index contributed by atoms with van der Waals surface area (Å²) in [6.45, 7) is 4.99. The third-order valence-corrected chi connectivity index (χ3v) is 4.73. The molecular formula is C18H22N2O3S. The van der Waals surface area contributed by atoms with Crippen molar-refractivity contribution in [3.05, 3.63) is 46.7 Å². The van der Waals surface area contributed by atoms with E-state index in [0.29, 0.717) is 19.7 Å². The van der Waals surface area contributed by atoms with Crippen molar-refractivity contribution < 1.29 is 14.3 Å².